The van der Waals surface area contributed by atoms with E-state index in [-0.39, 0.29) is 0 Å². The van der Waals surface area contributed by atoms with Crippen LogP contribution in [-0.2, 0) is 0 Å². The van der Waals surface area contributed by atoms with Gasteiger partial charge in [-0.1, -0.05) is 18.1 Å². The molecule has 0 saturated heterocycles. The number of aromatic nitrogens is 2. The van der Waals surface area contributed by atoms with Crippen molar-refractivity contribution < 1.29 is 0 Å². The highest BCUT2D eigenvalue weighted by Crippen LogP contribution is 2.29. The van der Waals surface area contributed by atoms with E-state index < -0.39 is 0 Å². The molecule has 0 atom stereocenters. The van der Waals surface area contributed by atoms with Crippen LogP contribution < -0.4 is 4.72 Å². The van der Waals surface area contributed by atoms with Crippen LogP contribution in [0.2, 0.25) is 0 Å². The number of H-pyrrole nitrogens is 1. The summed E-state index contributed by atoms with van der Waals surface area (Å²) in [4.78, 5) is 7.24. The maximum absolute atomic E-state index is 5.46. The molecule has 0 unspecified atom stereocenters. The number of hydrogen-bond donors (Lipinski definition) is 2. The van der Waals surface area contributed by atoms with E-state index >= 15 is 0 Å². The number of hydrogen-bond acceptors (Lipinski definition) is 4. The van der Waals surface area contributed by atoms with E-state index in [4.69, 9.17) is 6.42 Å². The Kier molecular flexibility index (Phi) is 2.97. The van der Waals surface area contributed by atoms with Gasteiger partial charge in [0.25, 0.3) is 0 Å². The molecule has 0 bridgehead atoms. The Bertz CT molecular complexity index is 707. The van der Waals surface area contributed by atoms with Crippen molar-refractivity contribution >= 4 is 39.9 Å². The van der Waals surface area contributed by atoms with Crippen molar-refractivity contribution in [2.24, 2.45) is 0 Å². The van der Waals surface area contributed by atoms with E-state index in [9.17, 15) is 0 Å². The number of terminal acetylenes is 1. The molecule has 5 heteroatoms. The summed E-state index contributed by atoms with van der Waals surface area (Å²) >= 11 is 3.15. The summed E-state index contributed by atoms with van der Waals surface area (Å²) in [5, 5.41) is 1.06. The van der Waals surface area contributed by atoms with Crippen molar-refractivity contribution in [3.05, 3.63) is 41.7 Å². The Morgan fingerprint density at radius 1 is 1.44 bits per heavy atom. The Balaban J connectivity index is 1.93. The number of benzene rings is 1. The molecule has 2 heterocycles. The van der Waals surface area contributed by atoms with E-state index in [2.05, 4.69) is 20.6 Å². The van der Waals surface area contributed by atoms with Crippen LogP contribution in [0.5, 0.6) is 0 Å². The van der Waals surface area contributed by atoms with Crippen molar-refractivity contribution in [3.8, 4) is 12.3 Å². The number of anilines is 1. The first-order chi connectivity index (χ1) is 8.88. The molecule has 0 aliphatic rings. The van der Waals surface area contributed by atoms with Gasteiger partial charge in [-0.15, -0.1) is 17.8 Å². The smallest absolute Gasteiger partial charge is 0.101 e. The maximum Gasteiger partial charge on any atom is 0.101 e. The van der Waals surface area contributed by atoms with Crippen molar-refractivity contribution in [1.29, 1.82) is 0 Å². The molecule has 2 aromatic heterocycles. The number of nitrogens with one attached hydrogen (secondary N) is 2. The van der Waals surface area contributed by atoms with E-state index in [0.29, 0.717) is 0 Å². The van der Waals surface area contributed by atoms with Crippen LogP contribution in [0.4, 0.5) is 5.69 Å². The van der Waals surface area contributed by atoms with Gasteiger partial charge in [0, 0.05) is 17.1 Å². The van der Waals surface area contributed by atoms with Crippen LogP contribution in [0.15, 0.2) is 40.3 Å². The van der Waals surface area contributed by atoms with E-state index in [1.54, 1.807) is 23.3 Å². The molecular formula is C13H9N3S2. The van der Waals surface area contributed by atoms with Crippen LogP contribution in [0.1, 0.15) is 5.56 Å². The van der Waals surface area contributed by atoms with Crippen molar-refractivity contribution in [2.45, 2.75) is 4.21 Å². The predicted octanol–water partition coefficient (Wildman–Crippen LogP) is 3.72. The minimum atomic E-state index is 0.886. The third kappa shape index (κ3) is 1.96. The molecule has 88 valence electrons. The average molecular weight is 271 g/mol. The van der Waals surface area contributed by atoms with Crippen LogP contribution in [-0.4, -0.2) is 9.97 Å². The fourth-order valence-corrected chi connectivity index (χ4v) is 3.01. The summed E-state index contributed by atoms with van der Waals surface area (Å²) in [5.41, 5.74) is 4.75. The van der Waals surface area contributed by atoms with Crippen LogP contribution in [0, 0.1) is 12.3 Å². The summed E-state index contributed by atoms with van der Waals surface area (Å²) in [7, 11) is 0. The minimum Gasteiger partial charge on any atom is -0.358 e. The molecule has 2 N–H and O–H groups in total. The average Bonchev–Trinajstić information content (AvgIpc) is 3.05. The number of thiazole rings is 1. The number of aromatic amines is 1. The molecule has 3 rings (SSSR count). The van der Waals surface area contributed by atoms with Crippen molar-refractivity contribution in [3.63, 3.8) is 0 Å². The van der Waals surface area contributed by atoms with E-state index in [1.165, 1.54) is 0 Å². The SMILES string of the molecule is C#Cc1c[nH]c2c(NSc3cncs3)cccc12. The fraction of sp³-hybridized carbons (Fsp3) is 0. The lowest BCUT2D eigenvalue weighted by molar-refractivity contribution is 1.38. The molecule has 0 aliphatic carbocycles. The summed E-state index contributed by atoms with van der Waals surface area (Å²) in [6, 6.07) is 6.03. The van der Waals surface area contributed by atoms with Crippen LogP contribution in [0.25, 0.3) is 10.9 Å². The molecule has 18 heavy (non-hydrogen) atoms. The summed E-state index contributed by atoms with van der Waals surface area (Å²) in [5.74, 6) is 2.67. The Morgan fingerprint density at radius 3 is 3.17 bits per heavy atom. The second-order valence-electron chi connectivity index (χ2n) is 3.60. The van der Waals surface area contributed by atoms with Gasteiger partial charge in [0.05, 0.1) is 22.9 Å². The number of nitrogens with zero attached hydrogens (tertiary/aromatic N) is 1. The van der Waals surface area contributed by atoms with Gasteiger partial charge in [0.15, 0.2) is 0 Å². The molecule has 3 aromatic rings. The van der Waals surface area contributed by atoms with Gasteiger partial charge < -0.3 is 9.71 Å². The van der Waals surface area contributed by atoms with Gasteiger partial charge in [0.2, 0.25) is 0 Å². The van der Waals surface area contributed by atoms with Crippen molar-refractivity contribution in [1.82, 2.24) is 9.97 Å². The van der Waals surface area contributed by atoms with Gasteiger partial charge in [-0.05, 0) is 18.0 Å². The van der Waals surface area contributed by atoms with Crippen LogP contribution >= 0.6 is 23.3 Å². The zero-order valence-corrected chi connectivity index (χ0v) is 10.9. The molecule has 0 spiro atoms. The summed E-state index contributed by atoms with van der Waals surface area (Å²) < 4.78 is 4.44. The molecule has 1 aromatic carbocycles. The monoisotopic (exact) mass is 271 g/mol. The molecular weight excluding hydrogens is 262 g/mol. The largest absolute Gasteiger partial charge is 0.358 e. The molecule has 0 fully saturated rings. The van der Waals surface area contributed by atoms with E-state index in [1.807, 2.05) is 36.1 Å². The Morgan fingerprint density at radius 2 is 2.39 bits per heavy atom. The zero-order valence-electron chi connectivity index (χ0n) is 9.31. The molecule has 0 amide bonds. The second-order valence-corrected chi connectivity index (χ2v) is 5.59. The molecule has 0 aliphatic heterocycles. The Labute approximate surface area is 113 Å². The molecule has 0 radical (unpaired) electrons. The second kappa shape index (κ2) is 4.77. The van der Waals surface area contributed by atoms with Gasteiger partial charge in [-0.3, -0.25) is 4.98 Å². The lowest BCUT2D eigenvalue weighted by Crippen LogP contribution is -1.86. The highest BCUT2D eigenvalue weighted by atomic mass is 32.2. The lowest BCUT2D eigenvalue weighted by Gasteiger charge is -2.04. The molecule has 3 nitrogen and oxygen atoms in total. The minimum absolute atomic E-state index is 0.886. The zero-order chi connectivity index (χ0) is 12.4. The standard InChI is InChI=1S/C13H9N3S2/c1-2-9-6-15-13-10(9)4-3-5-11(13)16-18-12-7-14-8-17-12/h1,3-8,15-16H. The lowest BCUT2D eigenvalue weighted by atomic mass is 10.1. The van der Waals surface area contributed by atoms with Gasteiger partial charge in [-0.2, -0.15) is 0 Å². The summed E-state index contributed by atoms with van der Waals surface area (Å²) in [6.07, 6.45) is 9.15. The Hall–Kier alpha value is -1.90. The molecule has 0 saturated carbocycles. The van der Waals surface area contributed by atoms with Gasteiger partial charge >= 0.3 is 0 Å². The quantitative estimate of drug-likeness (QED) is 0.563. The van der Waals surface area contributed by atoms with Crippen LogP contribution in [0.3, 0.4) is 0 Å². The predicted molar refractivity (Wildman–Crippen MR) is 77.8 cm³/mol. The highest BCUT2D eigenvalue weighted by molar-refractivity contribution is 8.02. The number of rotatable bonds is 3. The normalized spacial score (nSPS) is 10.4. The van der Waals surface area contributed by atoms with Gasteiger partial charge in [-0.25, -0.2) is 0 Å². The first kappa shape index (κ1) is 11.2. The highest BCUT2D eigenvalue weighted by Gasteiger charge is 2.06. The van der Waals surface area contributed by atoms with E-state index in [0.717, 1.165) is 26.4 Å². The number of fused-ring (bicyclic) bond motifs is 1. The maximum atomic E-state index is 5.46. The third-order valence-corrected chi connectivity index (χ3v) is 4.27. The summed E-state index contributed by atoms with van der Waals surface area (Å²) in [6.45, 7) is 0. The number of para-hydroxylation sites is 1. The third-order valence-electron chi connectivity index (χ3n) is 2.54. The topological polar surface area (TPSA) is 40.7 Å². The first-order valence-electron chi connectivity index (χ1n) is 5.26. The fourth-order valence-electron chi connectivity index (χ4n) is 1.72. The van der Waals surface area contributed by atoms with Crippen molar-refractivity contribution in [2.75, 3.05) is 4.72 Å². The first-order valence-corrected chi connectivity index (χ1v) is 6.96. The van der Waals surface area contributed by atoms with Gasteiger partial charge in [0.1, 0.15) is 4.21 Å².